The van der Waals surface area contributed by atoms with Crippen molar-refractivity contribution in [2.75, 3.05) is 10.5 Å². The number of aryl methyl sites for hydroxylation is 1. The lowest BCUT2D eigenvalue weighted by atomic mass is 10.2. The molecule has 0 saturated heterocycles. The second-order valence-electron chi connectivity index (χ2n) is 4.69. The first kappa shape index (κ1) is 15.9. The molecule has 0 unspecified atom stereocenters. The molecule has 0 aromatic heterocycles. The maximum absolute atomic E-state index is 12.5. The summed E-state index contributed by atoms with van der Waals surface area (Å²) in [5.74, 6) is 0. The summed E-state index contributed by atoms with van der Waals surface area (Å²) in [6, 6.07) is 7.81. The van der Waals surface area contributed by atoms with Crippen molar-refractivity contribution in [2.24, 2.45) is 0 Å². The fraction of sp³-hybridized carbons (Fsp3) is 0.143. The van der Waals surface area contributed by atoms with Crippen LogP contribution in [0, 0.1) is 13.8 Å². The predicted octanol–water partition coefficient (Wildman–Crippen LogP) is 3.99. The lowest BCUT2D eigenvalue weighted by Gasteiger charge is -2.13. The van der Waals surface area contributed by atoms with E-state index >= 15 is 0 Å². The fourth-order valence-electron chi connectivity index (χ4n) is 1.82. The maximum atomic E-state index is 12.5. The summed E-state index contributed by atoms with van der Waals surface area (Å²) in [6.45, 7) is 3.46. The number of sulfonamides is 1. The molecule has 0 aliphatic carbocycles. The van der Waals surface area contributed by atoms with E-state index < -0.39 is 10.0 Å². The SMILES string of the molecule is Cc1ccc(NS(=O)(=O)c2cc(Cl)cc(N)c2C)cc1Cl. The summed E-state index contributed by atoms with van der Waals surface area (Å²) in [6.07, 6.45) is 0. The van der Waals surface area contributed by atoms with Crippen LogP contribution < -0.4 is 10.5 Å². The van der Waals surface area contributed by atoms with Crippen LogP contribution in [0.3, 0.4) is 0 Å². The highest BCUT2D eigenvalue weighted by molar-refractivity contribution is 7.92. The van der Waals surface area contributed by atoms with Gasteiger partial charge in [0, 0.05) is 15.7 Å². The second kappa shape index (κ2) is 5.75. The van der Waals surface area contributed by atoms with Crippen molar-refractivity contribution in [3.63, 3.8) is 0 Å². The molecule has 7 heteroatoms. The van der Waals surface area contributed by atoms with Crippen LogP contribution in [0.1, 0.15) is 11.1 Å². The van der Waals surface area contributed by atoms with Gasteiger partial charge in [-0.3, -0.25) is 4.72 Å². The molecule has 2 aromatic carbocycles. The van der Waals surface area contributed by atoms with Crippen molar-refractivity contribution >= 4 is 44.6 Å². The molecule has 21 heavy (non-hydrogen) atoms. The Morgan fingerprint density at radius 1 is 1.10 bits per heavy atom. The molecule has 112 valence electrons. The van der Waals surface area contributed by atoms with E-state index in [1.807, 2.05) is 6.92 Å². The van der Waals surface area contributed by atoms with Crippen LogP contribution in [-0.2, 0) is 10.0 Å². The first-order valence-corrected chi connectivity index (χ1v) is 8.29. The molecule has 0 heterocycles. The molecule has 0 spiro atoms. The minimum atomic E-state index is -3.79. The molecule has 0 saturated carbocycles. The third kappa shape index (κ3) is 3.43. The van der Waals surface area contributed by atoms with E-state index in [9.17, 15) is 8.42 Å². The second-order valence-corrected chi connectivity index (χ2v) is 7.18. The van der Waals surface area contributed by atoms with Gasteiger partial charge >= 0.3 is 0 Å². The molecular weight excluding hydrogens is 331 g/mol. The van der Waals surface area contributed by atoms with Gasteiger partial charge in [-0.2, -0.15) is 0 Å². The van der Waals surface area contributed by atoms with Crippen LogP contribution in [-0.4, -0.2) is 8.42 Å². The number of nitrogens with one attached hydrogen (secondary N) is 1. The molecule has 0 amide bonds. The Bertz CT molecular complexity index is 805. The molecule has 4 nitrogen and oxygen atoms in total. The normalized spacial score (nSPS) is 11.4. The molecule has 3 N–H and O–H groups in total. The quantitative estimate of drug-likeness (QED) is 0.826. The van der Waals surface area contributed by atoms with Gasteiger partial charge in [-0.25, -0.2) is 8.42 Å². The summed E-state index contributed by atoms with van der Waals surface area (Å²) in [7, 11) is -3.79. The molecule has 0 bridgehead atoms. The van der Waals surface area contributed by atoms with E-state index in [0.717, 1.165) is 5.56 Å². The van der Waals surface area contributed by atoms with Crippen molar-refractivity contribution < 1.29 is 8.42 Å². The van der Waals surface area contributed by atoms with Gasteiger partial charge in [-0.1, -0.05) is 29.3 Å². The number of hydrogen-bond acceptors (Lipinski definition) is 3. The van der Waals surface area contributed by atoms with Gasteiger partial charge in [0.1, 0.15) is 0 Å². The minimum absolute atomic E-state index is 0.0456. The van der Waals surface area contributed by atoms with Crippen LogP contribution in [0.25, 0.3) is 0 Å². The number of nitrogens with two attached hydrogens (primary N) is 1. The van der Waals surface area contributed by atoms with Gasteiger partial charge in [0.2, 0.25) is 0 Å². The van der Waals surface area contributed by atoms with Crippen molar-refractivity contribution in [3.05, 3.63) is 51.5 Å². The van der Waals surface area contributed by atoms with Crippen LogP contribution in [0.4, 0.5) is 11.4 Å². The van der Waals surface area contributed by atoms with Crippen molar-refractivity contribution in [1.82, 2.24) is 0 Å². The molecule has 0 fully saturated rings. The van der Waals surface area contributed by atoms with Crippen molar-refractivity contribution in [2.45, 2.75) is 18.7 Å². The Labute approximate surface area is 133 Å². The zero-order chi connectivity index (χ0) is 15.8. The molecule has 2 aromatic rings. The average molecular weight is 345 g/mol. The van der Waals surface area contributed by atoms with E-state index in [1.54, 1.807) is 25.1 Å². The molecule has 2 rings (SSSR count). The molecule has 0 atom stereocenters. The fourth-order valence-corrected chi connectivity index (χ4v) is 3.64. The van der Waals surface area contributed by atoms with Crippen molar-refractivity contribution in [1.29, 1.82) is 0 Å². The summed E-state index contributed by atoms with van der Waals surface area (Å²) < 4.78 is 27.4. The summed E-state index contributed by atoms with van der Waals surface area (Å²) in [5, 5.41) is 0.748. The molecular formula is C14H14Cl2N2O2S. The van der Waals surface area contributed by atoms with Crippen molar-refractivity contribution in [3.8, 4) is 0 Å². The Morgan fingerprint density at radius 2 is 1.76 bits per heavy atom. The summed E-state index contributed by atoms with van der Waals surface area (Å²) in [4.78, 5) is 0.0456. The maximum Gasteiger partial charge on any atom is 0.262 e. The third-order valence-electron chi connectivity index (χ3n) is 3.08. The molecule has 0 aliphatic rings. The first-order chi connectivity index (χ1) is 9.70. The largest absolute Gasteiger partial charge is 0.398 e. The number of halogens is 2. The van der Waals surface area contributed by atoms with Gasteiger partial charge in [-0.05, 0) is 49.2 Å². The van der Waals surface area contributed by atoms with Crippen LogP contribution in [0.5, 0.6) is 0 Å². The van der Waals surface area contributed by atoms with Crippen LogP contribution in [0.15, 0.2) is 35.2 Å². The van der Waals surface area contributed by atoms with Gasteiger partial charge in [0.25, 0.3) is 10.0 Å². The zero-order valence-corrected chi connectivity index (χ0v) is 13.8. The number of rotatable bonds is 3. The van der Waals surface area contributed by atoms with Gasteiger partial charge in [0.05, 0.1) is 10.6 Å². The van der Waals surface area contributed by atoms with Gasteiger partial charge in [0.15, 0.2) is 0 Å². The number of anilines is 2. The van der Waals surface area contributed by atoms with Gasteiger partial charge < -0.3 is 5.73 Å². The third-order valence-corrected chi connectivity index (χ3v) is 5.21. The van der Waals surface area contributed by atoms with E-state index in [1.165, 1.54) is 12.1 Å². The highest BCUT2D eigenvalue weighted by atomic mass is 35.5. The predicted molar refractivity (Wildman–Crippen MR) is 87.6 cm³/mol. The van der Waals surface area contributed by atoms with Gasteiger partial charge in [-0.15, -0.1) is 0 Å². The van der Waals surface area contributed by atoms with E-state index in [2.05, 4.69) is 4.72 Å². The van der Waals surface area contributed by atoms with E-state index in [4.69, 9.17) is 28.9 Å². The van der Waals surface area contributed by atoms with Crippen LogP contribution in [0.2, 0.25) is 10.0 Å². The smallest absolute Gasteiger partial charge is 0.262 e. The van der Waals surface area contributed by atoms with E-state index in [0.29, 0.717) is 22.0 Å². The Balaban J connectivity index is 2.45. The topological polar surface area (TPSA) is 72.2 Å². The van der Waals surface area contributed by atoms with E-state index in [-0.39, 0.29) is 9.92 Å². The monoisotopic (exact) mass is 344 g/mol. The molecule has 0 aliphatic heterocycles. The Hall–Kier alpha value is -1.43. The zero-order valence-electron chi connectivity index (χ0n) is 11.4. The average Bonchev–Trinajstić information content (AvgIpc) is 2.37. The Kier molecular flexibility index (Phi) is 4.37. The highest BCUT2D eigenvalue weighted by Crippen LogP contribution is 2.28. The number of hydrogen-bond donors (Lipinski definition) is 2. The number of benzene rings is 2. The Morgan fingerprint density at radius 3 is 2.38 bits per heavy atom. The van der Waals surface area contributed by atoms with Crippen LogP contribution >= 0.6 is 23.2 Å². The standard InChI is InChI=1S/C14H14Cl2N2O2S/c1-8-3-4-11(7-12(8)16)18-21(19,20)14-6-10(15)5-13(17)9(14)2/h3-7,18H,17H2,1-2H3. The highest BCUT2D eigenvalue weighted by Gasteiger charge is 2.19. The summed E-state index contributed by atoms with van der Waals surface area (Å²) in [5.41, 5.74) is 7.77. The lowest BCUT2D eigenvalue weighted by Crippen LogP contribution is -2.15. The first-order valence-electron chi connectivity index (χ1n) is 6.05. The summed E-state index contributed by atoms with van der Waals surface area (Å²) >= 11 is 11.9. The number of nitrogen functional groups attached to an aromatic ring is 1. The molecule has 0 radical (unpaired) electrons. The minimum Gasteiger partial charge on any atom is -0.398 e. The lowest BCUT2D eigenvalue weighted by molar-refractivity contribution is 0.600.